The van der Waals surface area contributed by atoms with Crippen LogP contribution in [-0.4, -0.2) is 38.9 Å². The monoisotopic (exact) mass is 396 g/mol. The minimum atomic E-state index is -0.0752. The van der Waals surface area contributed by atoms with Gasteiger partial charge in [0, 0.05) is 24.6 Å². The molecule has 152 valence electrons. The highest BCUT2D eigenvalue weighted by Gasteiger charge is 2.10. The van der Waals surface area contributed by atoms with Crippen LogP contribution >= 0.6 is 0 Å². The fourth-order valence-electron chi connectivity index (χ4n) is 2.91. The van der Waals surface area contributed by atoms with Crippen molar-refractivity contribution in [3.05, 3.63) is 59.8 Å². The van der Waals surface area contributed by atoms with E-state index in [1.807, 2.05) is 36.4 Å². The lowest BCUT2D eigenvalue weighted by Gasteiger charge is -2.09. The van der Waals surface area contributed by atoms with E-state index in [-0.39, 0.29) is 12.3 Å². The van der Waals surface area contributed by atoms with Gasteiger partial charge in [-0.1, -0.05) is 23.4 Å². The first kappa shape index (κ1) is 20.3. The van der Waals surface area contributed by atoms with E-state index in [9.17, 15) is 4.79 Å². The standard InChI is InChI=1S/C22H24N2O5/c1-26-18-6-4-5-16(13-18)20-14-17(24-29-20)9-10-23-22(25)12-15-7-8-19(27-2)21(11-15)28-3/h4-8,11,13-14H,9-10,12H2,1-3H3,(H,23,25). The zero-order valence-electron chi connectivity index (χ0n) is 16.7. The third-order valence-corrected chi connectivity index (χ3v) is 4.43. The summed E-state index contributed by atoms with van der Waals surface area (Å²) in [6.07, 6.45) is 0.833. The molecule has 0 atom stereocenters. The molecule has 0 saturated carbocycles. The Labute approximate surface area is 169 Å². The number of aromatic nitrogens is 1. The van der Waals surface area contributed by atoms with Crippen molar-refractivity contribution >= 4 is 5.91 Å². The van der Waals surface area contributed by atoms with E-state index in [1.54, 1.807) is 33.5 Å². The van der Waals surface area contributed by atoms with Crippen molar-refractivity contribution in [1.29, 1.82) is 0 Å². The molecule has 0 aliphatic rings. The van der Waals surface area contributed by atoms with Gasteiger partial charge in [-0.25, -0.2) is 0 Å². The number of nitrogens with one attached hydrogen (secondary N) is 1. The third kappa shape index (κ3) is 5.28. The molecule has 29 heavy (non-hydrogen) atoms. The second kappa shape index (κ2) is 9.64. The normalized spacial score (nSPS) is 10.4. The molecule has 0 bridgehead atoms. The zero-order valence-corrected chi connectivity index (χ0v) is 16.7. The molecule has 0 spiro atoms. The van der Waals surface area contributed by atoms with E-state index in [0.717, 1.165) is 22.6 Å². The summed E-state index contributed by atoms with van der Waals surface area (Å²) in [4.78, 5) is 12.2. The molecule has 2 aromatic carbocycles. The van der Waals surface area contributed by atoms with E-state index < -0.39 is 0 Å². The number of benzene rings is 2. The van der Waals surface area contributed by atoms with Crippen molar-refractivity contribution in [2.45, 2.75) is 12.8 Å². The fourth-order valence-corrected chi connectivity index (χ4v) is 2.91. The van der Waals surface area contributed by atoms with Crippen LogP contribution in [0.1, 0.15) is 11.3 Å². The summed E-state index contributed by atoms with van der Waals surface area (Å²) in [5.74, 6) is 2.58. The zero-order chi connectivity index (χ0) is 20.6. The van der Waals surface area contributed by atoms with Crippen LogP contribution in [0.15, 0.2) is 53.1 Å². The van der Waals surface area contributed by atoms with Gasteiger partial charge in [-0.15, -0.1) is 0 Å². The van der Waals surface area contributed by atoms with Gasteiger partial charge in [-0.2, -0.15) is 0 Å². The number of amides is 1. The van der Waals surface area contributed by atoms with E-state index in [4.69, 9.17) is 18.7 Å². The van der Waals surface area contributed by atoms with Crippen LogP contribution in [0.25, 0.3) is 11.3 Å². The van der Waals surface area contributed by atoms with E-state index in [1.165, 1.54) is 0 Å². The molecule has 1 N–H and O–H groups in total. The number of methoxy groups -OCH3 is 3. The highest BCUT2D eigenvalue weighted by molar-refractivity contribution is 5.78. The Hall–Kier alpha value is -3.48. The number of carbonyl (C=O) groups is 1. The minimum Gasteiger partial charge on any atom is -0.497 e. The second-order valence-electron chi connectivity index (χ2n) is 6.38. The number of hydrogen-bond donors (Lipinski definition) is 1. The number of hydrogen-bond acceptors (Lipinski definition) is 6. The molecule has 0 unspecified atom stereocenters. The first-order valence-corrected chi connectivity index (χ1v) is 9.20. The van der Waals surface area contributed by atoms with Crippen LogP contribution in [0.4, 0.5) is 0 Å². The van der Waals surface area contributed by atoms with Crippen LogP contribution in [0.3, 0.4) is 0 Å². The maximum absolute atomic E-state index is 12.2. The fraction of sp³-hybridized carbons (Fsp3) is 0.273. The molecule has 1 aromatic heterocycles. The summed E-state index contributed by atoms with van der Waals surface area (Å²) in [6.45, 7) is 0.468. The number of ether oxygens (including phenoxy) is 3. The van der Waals surface area contributed by atoms with Crippen molar-refractivity contribution in [3.8, 4) is 28.6 Å². The Morgan fingerprint density at radius 3 is 2.59 bits per heavy atom. The van der Waals surface area contributed by atoms with E-state index >= 15 is 0 Å². The number of nitrogens with zero attached hydrogens (tertiary/aromatic N) is 1. The molecular formula is C22H24N2O5. The molecule has 1 amide bonds. The summed E-state index contributed by atoms with van der Waals surface area (Å²) in [6, 6.07) is 14.9. The molecule has 7 heteroatoms. The molecule has 7 nitrogen and oxygen atoms in total. The lowest BCUT2D eigenvalue weighted by molar-refractivity contribution is -0.120. The molecule has 3 rings (SSSR count). The van der Waals surface area contributed by atoms with Gasteiger partial charge in [-0.05, 0) is 29.8 Å². The van der Waals surface area contributed by atoms with Crippen LogP contribution in [0, 0.1) is 0 Å². The Bertz CT molecular complexity index is 967. The van der Waals surface area contributed by atoms with Crippen molar-refractivity contribution in [2.24, 2.45) is 0 Å². The van der Waals surface area contributed by atoms with E-state index in [0.29, 0.717) is 30.2 Å². The van der Waals surface area contributed by atoms with Gasteiger partial charge in [0.15, 0.2) is 17.3 Å². The van der Waals surface area contributed by atoms with Gasteiger partial charge < -0.3 is 24.1 Å². The van der Waals surface area contributed by atoms with Gasteiger partial charge in [0.25, 0.3) is 0 Å². The van der Waals surface area contributed by atoms with Gasteiger partial charge in [0.05, 0.1) is 33.4 Å². The second-order valence-corrected chi connectivity index (χ2v) is 6.38. The Morgan fingerprint density at radius 2 is 1.83 bits per heavy atom. The van der Waals surface area contributed by atoms with Crippen molar-refractivity contribution in [2.75, 3.05) is 27.9 Å². The molecule has 1 heterocycles. The summed E-state index contributed by atoms with van der Waals surface area (Å²) in [7, 11) is 4.77. The maximum atomic E-state index is 12.2. The average molecular weight is 396 g/mol. The van der Waals surface area contributed by atoms with E-state index in [2.05, 4.69) is 10.5 Å². The third-order valence-electron chi connectivity index (χ3n) is 4.43. The molecule has 0 radical (unpaired) electrons. The van der Waals surface area contributed by atoms with Crippen LogP contribution in [0.5, 0.6) is 17.2 Å². The first-order valence-electron chi connectivity index (χ1n) is 9.20. The van der Waals surface area contributed by atoms with Crippen molar-refractivity contribution < 1.29 is 23.5 Å². The van der Waals surface area contributed by atoms with Gasteiger partial charge in [0.1, 0.15) is 5.75 Å². The quantitative estimate of drug-likeness (QED) is 0.598. The van der Waals surface area contributed by atoms with Crippen molar-refractivity contribution in [1.82, 2.24) is 10.5 Å². The summed E-state index contributed by atoms with van der Waals surface area (Å²) < 4.78 is 21.1. The first-order chi connectivity index (χ1) is 14.1. The molecule has 3 aromatic rings. The number of rotatable bonds is 9. The molecule has 0 aliphatic heterocycles. The lowest BCUT2D eigenvalue weighted by Crippen LogP contribution is -2.27. The van der Waals surface area contributed by atoms with Gasteiger partial charge in [-0.3, -0.25) is 4.79 Å². The summed E-state index contributed by atoms with van der Waals surface area (Å²) in [5, 5.41) is 6.97. The number of carbonyl (C=O) groups excluding carboxylic acids is 1. The topological polar surface area (TPSA) is 82.8 Å². The average Bonchev–Trinajstić information content (AvgIpc) is 3.22. The lowest BCUT2D eigenvalue weighted by atomic mass is 10.1. The van der Waals surface area contributed by atoms with Crippen molar-refractivity contribution in [3.63, 3.8) is 0 Å². The molecule has 0 saturated heterocycles. The van der Waals surface area contributed by atoms with Crippen LogP contribution in [-0.2, 0) is 17.6 Å². The predicted molar refractivity (Wildman–Crippen MR) is 108 cm³/mol. The highest BCUT2D eigenvalue weighted by atomic mass is 16.5. The van der Waals surface area contributed by atoms with Crippen LogP contribution < -0.4 is 19.5 Å². The molecule has 0 fully saturated rings. The SMILES string of the molecule is COc1cccc(-c2cc(CCNC(=O)Cc3ccc(OC)c(OC)c3)no2)c1. The smallest absolute Gasteiger partial charge is 0.224 e. The Kier molecular flexibility index (Phi) is 6.73. The van der Waals surface area contributed by atoms with Crippen LogP contribution in [0.2, 0.25) is 0 Å². The largest absolute Gasteiger partial charge is 0.497 e. The Morgan fingerprint density at radius 1 is 1.00 bits per heavy atom. The Balaban J connectivity index is 1.51. The minimum absolute atomic E-state index is 0.0752. The van der Waals surface area contributed by atoms with Gasteiger partial charge in [0.2, 0.25) is 5.91 Å². The summed E-state index contributed by atoms with van der Waals surface area (Å²) in [5.41, 5.74) is 2.51. The molecular weight excluding hydrogens is 372 g/mol. The predicted octanol–water partition coefficient (Wildman–Crippen LogP) is 3.27. The van der Waals surface area contributed by atoms with Gasteiger partial charge >= 0.3 is 0 Å². The summed E-state index contributed by atoms with van der Waals surface area (Å²) >= 11 is 0. The highest BCUT2D eigenvalue weighted by Crippen LogP contribution is 2.27. The molecule has 0 aliphatic carbocycles. The maximum Gasteiger partial charge on any atom is 0.224 e.